The number of Topliss-reactive ketones (excluding diaryl/α,β-unsaturated/α-hetero) is 1. The molecule has 2 rings (SSSR count). The summed E-state index contributed by atoms with van der Waals surface area (Å²) < 4.78 is 32.7. The molecule has 0 aromatic rings. The Morgan fingerprint density at radius 1 is 0.925 bits per heavy atom. The van der Waals surface area contributed by atoms with Crippen LogP contribution in [-0.4, -0.2) is 103 Å². The lowest BCUT2D eigenvalue weighted by atomic mass is 9.83. The van der Waals surface area contributed by atoms with E-state index in [1.807, 2.05) is 34.6 Å². The van der Waals surface area contributed by atoms with Gasteiger partial charge in [0, 0.05) is 19.5 Å². The van der Waals surface area contributed by atoms with E-state index in [1.165, 1.54) is 4.90 Å². The zero-order chi connectivity index (χ0) is 40.2. The Hall–Kier alpha value is -3.26. The van der Waals surface area contributed by atoms with Crippen molar-refractivity contribution in [3.05, 3.63) is 25.3 Å². The van der Waals surface area contributed by atoms with Crippen molar-refractivity contribution in [3.8, 4) is 0 Å². The van der Waals surface area contributed by atoms with Crippen LogP contribution < -0.4 is 21.3 Å². The number of ketones is 1. The molecule has 1 saturated heterocycles. The Labute approximate surface area is 318 Å². The molecule has 1 heterocycles. The summed E-state index contributed by atoms with van der Waals surface area (Å²) in [7, 11) is -3.47. The standard InChI is InChI=1S/C39H67N5O8S/c1-11-13-18-29(31(45)34(47)40-22-14-12-2)41-33(46)30-24-28(52-38(8,9)10)25-44(30)35(48)32(37(5,6)7)42-36(49)43-39(20-16-15-17-21-39)26-53(50,51)23-19-27(3)4/h11-12,27-30,32H,1-2,13-26H2,3-10H3,(H,40,47)(H,41,46)(H2,42,43,49)/t28-,29?,30+,32-/m1/s1. The average Bonchev–Trinajstić information content (AvgIpc) is 3.46. The highest BCUT2D eigenvalue weighted by atomic mass is 32.2. The van der Waals surface area contributed by atoms with Gasteiger partial charge in [0.15, 0.2) is 9.84 Å². The second kappa shape index (κ2) is 19.9. The molecule has 0 radical (unpaired) electrons. The van der Waals surface area contributed by atoms with Gasteiger partial charge >= 0.3 is 6.03 Å². The van der Waals surface area contributed by atoms with Crippen LogP contribution in [0.2, 0.25) is 0 Å². The van der Waals surface area contributed by atoms with Crippen LogP contribution in [0.15, 0.2) is 25.3 Å². The molecular weight excluding hydrogens is 699 g/mol. The van der Waals surface area contributed by atoms with Crippen LogP contribution in [-0.2, 0) is 33.8 Å². The number of ether oxygens (including phenoxy) is 1. The number of nitrogens with one attached hydrogen (secondary N) is 4. The fraction of sp³-hybridized carbons (Fsp3) is 0.769. The number of urea groups is 1. The first kappa shape index (κ1) is 45.9. The van der Waals surface area contributed by atoms with Gasteiger partial charge in [-0.25, -0.2) is 13.2 Å². The number of hydrogen-bond acceptors (Lipinski definition) is 8. The first-order chi connectivity index (χ1) is 24.5. The molecule has 0 bridgehead atoms. The third-order valence-electron chi connectivity index (χ3n) is 9.60. The highest BCUT2D eigenvalue weighted by Crippen LogP contribution is 2.32. The Balaban J connectivity index is 2.39. The van der Waals surface area contributed by atoms with Crippen LogP contribution in [0.1, 0.15) is 120 Å². The van der Waals surface area contributed by atoms with Crippen LogP contribution in [0.3, 0.4) is 0 Å². The first-order valence-electron chi connectivity index (χ1n) is 19.1. The van der Waals surface area contributed by atoms with Gasteiger partial charge < -0.3 is 30.9 Å². The van der Waals surface area contributed by atoms with E-state index in [0.29, 0.717) is 32.1 Å². The van der Waals surface area contributed by atoms with Crippen LogP contribution in [0, 0.1) is 11.3 Å². The fourth-order valence-corrected chi connectivity index (χ4v) is 9.07. The lowest BCUT2D eigenvalue weighted by Crippen LogP contribution is -2.63. The molecule has 1 saturated carbocycles. The van der Waals surface area contributed by atoms with E-state index in [0.717, 1.165) is 19.3 Å². The van der Waals surface area contributed by atoms with Gasteiger partial charge in [-0.1, -0.05) is 66.0 Å². The van der Waals surface area contributed by atoms with Gasteiger partial charge in [-0.3, -0.25) is 19.2 Å². The van der Waals surface area contributed by atoms with E-state index in [-0.39, 0.29) is 43.4 Å². The van der Waals surface area contributed by atoms with Gasteiger partial charge in [-0.2, -0.15) is 0 Å². The van der Waals surface area contributed by atoms with Crippen LogP contribution >= 0.6 is 0 Å². The highest BCUT2D eigenvalue weighted by Gasteiger charge is 2.47. The monoisotopic (exact) mass is 765 g/mol. The molecule has 2 aliphatic rings. The molecule has 0 aromatic carbocycles. The second-order valence-electron chi connectivity index (χ2n) is 17.2. The lowest BCUT2D eigenvalue weighted by molar-refractivity contribution is -0.144. The fourth-order valence-electron chi connectivity index (χ4n) is 6.89. The zero-order valence-electron chi connectivity index (χ0n) is 33.5. The number of allylic oxidation sites excluding steroid dienone is 1. The van der Waals surface area contributed by atoms with Crippen molar-refractivity contribution in [2.75, 3.05) is 24.6 Å². The summed E-state index contributed by atoms with van der Waals surface area (Å²) in [6.07, 6.45) is 7.78. The van der Waals surface area contributed by atoms with Gasteiger partial charge in [0.25, 0.3) is 5.91 Å². The van der Waals surface area contributed by atoms with Crippen molar-refractivity contribution in [1.82, 2.24) is 26.2 Å². The van der Waals surface area contributed by atoms with E-state index in [1.54, 1.807) is 32.9 Å². The number of amides is 5. The van der Waals surface area contributed by atoms with Crippen molar-refractivity contribution in [3.63, 3.8) is 0 Å². The van der Waals surface area contributed by atoms with Crippen molar-refractivity contribution in [2.45, 2.75) is 155 Å². The number of nitrogens with zero attached hydrogens (tertiary/aromatic N) is 1. The summed E-state index contributed by atoms with van der Waals surface area (Å²) in [5.74, 6) is -2.70. The molecule has 0 spiro atoms. The predicted molar refractivity (Wildman–Crippen MR) is 208 cm³/mol. The minimum absolute atomic E-state index is 0.0368. The molecule has 53 heavy (non-hydrogen) atoms. The van der Waals surface area contributed by atoms with Gasteiger partial charge in [-0.05, 0) is 70.6 Å². The van der Waals surface area contributed by atoms with Gasteiger partial charge in [0.2, 0.25) is 17.6 Å². The van der Waals surface area contributed by atoms with E-state index >= 15 is 0 Å². The summed E-state index contributed by atoms with van der Waals surface area (Å²) in [6, 6.07) is -3.99. The predicted octanol–water partition coefficient (Wildman–Crippen LogP) is 4.36. The minimum Gasteiger partial charge on any atom is -0.371 e. The lowest BCUT2D eigenvalue weighted by Gasteiger charge is -2.40. The number of likely N-dealkylation sites (tertiary alicyclic amines) is 1. The van der Waals surface area contributed by atoms with Gasteiger partial charge in [-0.15, -0.1) is 13.2 Å². The number of sulfone groups is 1. The quantitative estimate of drug-likeness (QED) is 0.0851. The third-order valence-corrected chi connectivity index (χ3v) is 11.4. The molecule has 0 aromatic heterocycles. The van der Waals surface area contributed by atoms with Crippen LogP contribution in [0.5, 0.6) is 0 Å². The van der Waals surface area contributed by atoms with Crippen molar-refractivity contribution >= 4 is 39.4 Å². The molecule has 13 nitrogen and oxygen atoms in total. The maximum Gasteiger partial charge on any atom is 0.315 e. The van der Waals surface area contributed by atoms with Crippen molar-refractivity contribution in [2.24, 2.45) is 11.3 Å². The number of rotatable bonds is 19. The van der Waals surface area contributed by atoms with Crippen LogP contribution in [0.4, 0.5) is 4.79 Å². The molecule has 4 N–H and O–H groups in total. The first-order valence-corrected chi connectivity index (χ1v) is 21.0. The maximum atomic E-state index is 14.5. The summed E-state index contributed by atoms with van der Waals surface area (Å²) in [5, 5.41) is 11.1. The third kappa shape index (κ3) is 15.2. The molecular formula is C39H67N5O8S. The largest absolute Gasteiger partial charge is 0.371 e. The molecule has 14 heteroatoms. The molecule has 5 amide bonds. The molecule has 1 unspecified atom stereocenters. The maximum absolute atomic E-state index is 14.5. The highest BCUT2D eigenvalue weighted by molar-refractivity contribution is 7.91. The smallest absolute Gasteiger partial charge is 0.315 e. The average molecular weight is 766 g/mol. The topological polar surface area (TPSA) is 180 Å². The molecule has 1 aliphatic carbocycles. The van der Waals surface area contributed by atoms with E-state index < -0.39 is 80.2 Å². The molecule has 302 valence electrons. The Kier molecular flexibility index (Phi) is 17.2. The minimum atomic E-state index is -3.47. The Morgan fingerprint density at radius 3 is 2.09 bits per heavy atom. The van der Waals surface area contributed by atoms with Gasteiger partial charge in [0.05, 0.1) is 34.8 Å². The SMILES string of the molecule is C=CCCNC(=O)C(=O)C(CCC=C)NC(=O)[C@@H]1C[C@@H](OC(C)(C)C)CN1C(=O)[C@@H](NC(=O)NC1(CS(=O)(=O)CCC(C)C)CCCCC1)C(C)(C)C. The summed E-state index contributed by atoms with van der Waals surface area (Å²) in [6.45, 7) is 22.5. The second-order valence-corrected chi connectivity index (χ2v) is 19.4. The zero-order valence-corrected chi connectivity index (χ0v) is 34.3. The molecule has 4 atom stereocenters. The Bertz CT molecular complexity index is 1410. The molecule has 1 aliphatic heterocycles. The van der Waals surface area contributed by atoms with E-state index in [4.69, 9.17) is 4.74 Å². The summed E-state index contributed by atoms with van der Waals surface area (Å²) >= 11 is 0. The summed E-state index contributed by atoms with van der Waals surface area (Å²) in [4.78, 5) is 69.6. The Morgan fingerprint density at radius 2 is 1.55 bits per heavy atom. The van der Waals surface area contributed by atoms with Crippen molar-refractivity contribution < 1.29 is 37.1 Å². The van der Waals surface area contributed by atoms with Gasteiger partial charge in [0.1, 0.15) is 12.1 Å². The number of carbonyl (C=O) groups excluding carboxylic acids is 5. The van der Waals surface area contributed by atoms with Crippen molar-refractivity contribution in [1.29, 1.82) is 0 Å². The number of carbonyl (C=O) groups is 5. The molecule has 2 fully saturated rings. The number of hydrogen-bond donors (Lipinski definition) is 4. The van der Waals surface area contributed by atoms with Crippen LogP contribution in [0.25, 0.3) is 0 Å². The normalized spacial score (nSPS) is 20.2. The van der Waals surface area contributed by atoms with E-state index in [9.17, 15) is 32.4 Å². The summed E-state index contributed by atoms with van der Waals surface area (Å²) in [5.41, 5.74) is -2.38. The van der Waals surface area contributed by atoms with E-state index in [2.05, 4.69) is 34.4 Å².